The van der Waals surface area contributed by atoms with Crippen molar-refractivity contribution >= 4 is 21.8 Å². The van der Waals surface area contributed by atoms with Gasteiger partial charge in [-0.3, -0.25) is 0 Å². The van der Waals surface area contributed by atoms with Crippen molar-refractivity contribution in [1.82, 2.24) is 14.5 Å². The van der Waals surface area contributed by atoms with E-state index >= 15 is 0 Å². The lowest BCUT2D eigenvalue weighted by molar-refractivity contribution is -0.137. The van der Waals surface area contributed by atoms with E-state index in [1.54, 1.807) is 6.07 Å². The van der Waals surface area contributed by atoms with E-state index in [-0.39, 0.29) is 0 Å². The van der Waals surface area contributed by atoms with Crippen LogP contribution in [-0.4, -0.2) is 14.5 Å². The van der Waals surface area contributed by atoms with Crippen LogP contribution in [0.3, 0.4) is 0 Å². The molecule has 0 bridgehead atoms. The topological polar surface area (TPSA) is 30.7 Å². The molecule has 10 aromatic rings. The van der Waals surface area contributed by atoms with Crippen LogP contribution in [0.25, 0.3) is 94.8 Å². The Morgan fingerprint density at radius 3 is 1.59 bits per heavy atom. The van der Waals surface area contributed by atoms with Gasteiger partial charge in [0.1, 0.15) is 0 Å². The highest BCUT2D eigenvalue weighted by molar-refractivity contribution is 6.12. The molecule has 0 amide bonds. The second-order valence-electron chi connectivity index (χ2n) is 15.5. The van der Waals surface area contributed by atoms with E-state index in [9.17, 15) is 13.2 Å². The van der Waals surface area contributed by atoms with E-state index in [1.807, 2.05) is 104 Å². The minimum atomic E-state index is -4.55. The summed E-state index contributed by atoms with van der Waals surface area (Å²) in [5, 5.41) is 2.07. The van der Waals surface area contributed by atoms with Gasteiger partial charge in [-0.25, -0.2) is 9.97 Å². The van der Waals surface area contributed by atoms with Gasteiger partial charge >= 0.3 is 6.18 Å². The van der Waals surface area contributed by atoms with E-state index < -0.39 is 11.7 Å². The second-order valence-corrected chi connectivity index (χ2v) is 15.5. The number of hydrogen-bond acceptors (Lipinski definition) is 2. The number of halogens is 3. The molecule has 3 nitrogen and oxygen atoms in total. The van der Waals surface area contributed by atoms with Gasteiger partial charge in [-0.05, 0) is 84.6 Å². The van der Waals surface area contributed by atoms with Gasteiger partial charge in [0.25, 0.3) is 0 Å². The predicted molar refractivity (Wildman–Crippen MR) is 243 cm³/mol. The van der Waals surface area contributed by atoms with Crippen LogP contribution in [0.4, 0.5) is 13.2 Å². The number of alkyl halides is 3. The summed E-state index contributed by atoms with van der Waals surface area (Å²) in [6.45, 7) is 4.13. The molecule has 0 spiro atoms. The number of aromatic nitrogens is 3. The smallest absolute Gasteiger partial charge is 0.308 e. The van der Waals surface area contributed by atoms with Crippen molar-refractivity contribution in [2.75, 3.05) is 0 Å². The average molecular weight is 798 g/mol. The Labute approximate surface area is 352 Å². The van der Waals surface area contributed by atoms with Crippen molar-refractivity contribution in [3.05, 3.63) is 211 Å². The van der Waals surface area contributed by atoms with Crippen molar-refractivity contribution in [2.24, 2.45) is 0 Å². The van der Waals surface area contributed by atoms with Gasteiger partial charge in [0.15, 0.2) is 5.82 Å². The molecule has 2 heterocycles. The van der Waals surface area contributed by atoms with Crippen LogP contribution in [0.5, 0.6) is 0 Å². The normalized spacial score (nSPS) is 11.7. The van der Waals surface area contributed by atoms with E-state index in [0.29, 0.717) is 22.5 Å². The number of benzene rings is 8. The number of para-hydroxylation sites is 1. The van der Waals surface area contributed by atoms with Crippen LogP contribution in [0, 0.1) is 13.8 Å². The summed E-state index contributed by atoms with van der Waals surface area (Å²) in [7, 11) is 0. The van der Waals surface area contributed by atoms with Crippen molar-refractivity contribution in [2.45, 2.75) is 20.0 Å². The molecule has 0 aliphatic rings. The summed E-state index contributed by atoms with van der Waals surface area (Å²) in [4.78, 5) is 10.4. The summed E-state index contributed by atoms with van der Waals surface area (Å²) in [5.41, 5.74) is 13.1. The molecule has 0 N–H and O–H groups in total. The van der Waals surface area contributed by atoms with Crippen LogP contribution in [0.2, 0.25) is 0 Å². The monoisotopic (exact) mass is 797 g/mol. The Hall–Kier alpha value is -7.57. The maximum absolute atomic E-state index is 14.6. The zero-order chi connectivity index (χ0) is 41.7. The van der Waals surface area contributed by atoms with Crippen LogP contribution >= 0.6 is 0 Å². The third kappa shape index (κ3) is 7.16. The van der Waals surface area contributed by atoms with E-state index in [0.717, 1.165) is 83.9 Å². The van der Waals surface area contributed by atoms with Crippen molar-refractivity contribution in [1.29, 1.82) is 0 Å². The summed E-state index contributed by atoms with van der Waals surface area (Å²) in [6, 6.07) is 63.1. The molecular formula is C55H38F3N3. The molecule has 0 saturated heterocycles. The van der Waals surface area contributed by atoms with Crippen LogP contribution < -0.4 is 0 Å². The summed E-state index contributed by atoms with van der Waals surface area (Å²) >= 11 is 0. The molecule has 10 rings (SSSR count). The Kier molecular flexibility index (Phi) is 9.41. The SMILES string of the molecule is Cc1ccc(-c2ccc3c(c2)c2ccccc2n3-c2c(-c3cccc(C)c3)cc(-c3nc(-c4ccccc4)cc(-c4ccccc4)n3)cc2-c2cccc(C(F)(F)F)c2)cc1. The number of fused-ring (bicyclic) bond motifs is 3. The zero-order valence-electron chi connectivity index (χ0n) is 33.5. The van der Waals surface area contributed by atoms with Gasteiger partial charge in [0.2, 0.25) is 0 Å². The highest BCUT2D eigenvalue weighted by atomic mass is 19.4. The van der Waals surface area contributed by atoms with E-state index in [1.165, 1.54) is 17.7 Å². The first kappa shape index (κ1) is 37.7. The van der Waals surface area contributed by atoms with Gasteiger partial charge in [-0.15, -0.1) is 0 Å². The van der Waals surface area contributed by atoms with Crippen molar-refractivity contribution < 1.29 is 13.2 Å². The van der Waals surface area contributed by atoms with E-state index in [4.69, 9.17) is 9.97 Å². The molecular weight excluding hydrogens is 760 g/mol. The van der Waals surface area contributed by atoms with E-state index in [2.05, 4.69) is 84.3 Å². The first-order valence-electron chi connectivity index (χ1n) is 20.2. The number of aryl methyl sites for hydroxylation is 2. The lowest BCUT2D eigenvalue weighted by Gasteiger charge is -2.22. The molecule has 2 aromatic heterocycles. The molecule has 0 aliphatic carbocycles. The quantitative estimate of drug-likeness (QED) is 0.161. The van der Waals surface area contributed by atoms with Crippen LogP contribution in [0.15, 0.2) is 194 Å². The first-order chi connectivity index (χ1) is 29.7. The minimum Gasteiger partial charge on any atom is -0.308 e. The summed E-state index contributed by atoms with van der Waals surface area (Å²) < 4.78 is 46.0. The van der Waals surface area contributed by atoms with Gasteiger partial charge in [0.05, 0.1) is 33.7 Å². The van der Waals surface area contributed by atoms with Crippen molar-refractivity contribution in [3.63, 3.8) is 0 Å². The Morgan fingerprint density at radius 1 is 0.393 bits per heavy atom. The Morgan fingerprint density at radius 2 is 0.951 bits per heavy atom. The highest BCUT2D eigenvalue weighted by Crippen LogP contribution is 2.45. The standard InChI is InChI=1S/C55H38F3N3/c1-35-23-25-37(26-24-35)40-27-28-52-48(31-40)45-21-9-10-22-51(45)61(52)53-46(41-18-11-13-36(2)29-41)32-43(33-47(53)42-19-12-20-44(30-42)55(56,57)58)54-59-49(38-14-5-3-6-15-38)34-50(60-54)39-16-7-4-8-17-39/h3-34H,1-2H3. The average Bonchev–Trinajstić information content (AvgIpc) is 3.62. The third-order valence-electron chi connectivity index (χ3n) is 11.3. The summed E-state index contributed by atoms with van der Waals surface area (Å²) in [6.07, 6.45) is -4.55. The van der Waals surface area contributed by atoms with Crippen molar-refractivity contribution in [3.8, 4) is 73.0 Å². The number of hydrogen-bond donors (Lipinski definition) is 0. The molecule has 0 atom stereocenters. The van der Waals surface area contributed by atoms with Crippen LogP contribution in [-0.2, 0) is 6.18 Å². The van der Waals surface area contributed by atoms with Gasteiger partial charge in [-0.2, -0.15) is 13.2 Å². The van der Waals surface area contributed by atoms with Gasteiger partial charge in [-0.1, -0.05) is 157 Å². The van der Waals surface area contributed by atoms with Gasteiger partial charge < -0.3 is 4.57 Å². The molecule has 0 saturated carbocycles. The molecule has 0 unspecified atom stereocenters. The fourth-order valence-electron chi connectivity index (χ4n) is 8.35. The fraction of sp³-hybridized carbons (Fsp3) is 0.0545. The maximum atomic E-state index is 14.6. The molecule has 0 aliphatic heterocycles. The Balaban J connectivity index is 1.32. The fourth-order valence-corrected chi connectivity index (χ4v) is 8.35. The predicted octanol–water partition coefficient (Wildman–Crippen LogP) is 15.2. The molecule has 6 heteroatoms. The lowest BCUT2D eigenvalue weighted by atomic mass is 9.91. The second kappa shape index (κ2) is 15.2. The summed E-state index contributed by atoms with van der Waals surface area (Å²) in [5.74, 6) is 0.457. The Bertz CT molecular complexity index is 3180. The number of nitrogens with zero attached hydrogens (tertiary/aromatic N) is 3. The molecule has 0 fully saturated rings. The van der Waals surface area contributed by atoms with Gasteiger partial charge in [0, 0.05) is 38.6 Å². The first-order valence-corrected chi connectivity index (χ1v) is 20.2. The largest absolute Gasteiger partial charge is 0.416 e. The lowest BCUT2D eigenvalue weighted by Crippen LogP contribution is -2.06. The minimum absolute atomic E-state index is 0.422. The zero-order valence-corrected chi connectivity index (χ0v) is 33.5. The maximum Gasteiger partial charge on any atom is 0.416 e. The highest BCUT2D eigenvalue weighted by Gasteiger charge is 2.31. The van der Waals surface area contributed by atoms with Crippen LogP contribution in [0.1, 0.15) is 16.7 Å². The molecule has 0 radical (unpaired) electrons. The third-order valence-corrected chi connectivity index (χ3v) is 11.3. The molecule has 294 valence electrons. The number of rotatable bonds is 7. The molecule has 61 heavy (non-hydrogen) atoms. The molecule has 8 aromatic carbocycles.